The van der Waals surface area contributed by atoms with Crippen LogP contribution in [0, 0.1) is 5.41 Å². The third-order valence-electron chi connectivity index (χ3n) is 7.76. The maximum atomic E-state index is 14.0. The van der Waals surface area contributed by atoms with Crippen molar-refractivity contribution in [2.45, 2.75) is 288 Å². The third-order valence-corrected chi connectivity index (χ3v) is 7.76. The predicted molar refractivity (Wildman–Crippen MR) is 274 cm³/mol. The van der Waals surface area contributed by atoms with Crippen molar-refractivity contribution in [1.29, 1.82) is 0 Å². The molecule has 0 aromatic heterocycles. The molecule has 0 radical (unpaired) electrons. The molecule has 24 nitrogen and oxygen atoms in total. The Morgan fingerprint density at radius 2 is 0.325 bits per heavy atom. The van der Waals surface area contributed by atoms with Gasteiger partial charge in [0, 0.05) is 0 Å². The van der Waals surface area contributed by atoms with Gasteiger partial charge in [-0.1, -0.05) is 0 Å². The molecule has 0 amide bonds. The zero-order valence-corrected chi connectivity index (χ0v) is 52.0. The Kier molecular flexibility index (Phi) is 27.7. The third kappa shape index (κ3) is 39.3. The van der Waals surface area contributed by atoms with Gasteiger partial charge in [-0.25, -0.2) is 39.1 Å². The molecule has 0 unspecified atom stereocenters. The summed E-state index contributed by atoms with van der Waals surface area (Å²) in [5.74, 6) is -11.7. The highest BCUT2D eigenvalue weighted by molar-refractivity contribution is 5.72. The van der Waals surface area contributed by atoms with Crippen LogP contribution in [0.4, 0.5) is 0 Å². The molecular formula is C53H100O24. The molecule has 0 fully saturated rings. The molecule has 0 aromatic rings. The molecular weight excluding hydrogens is 1020 g/mol. The Morgan fingerprint density at radius 3 is 0.429 bits per heavy atom. The first-order valence-electron chi connectivity index (χ1n) is 25.6. The Hall–Kier alpha value is -2.76. The number of hydrogen-bond acceptors (Lipinski definition) is 24. The lowest BCUT2D eigenvalue weighted by molar-refractivity contribution is -0.535. The molecule has 0 aliphatic heterocycles. The Balaban J connectivity index is 7.76. The average Bonchev–Trinajstić information content (AvgIpc) is 3.21. The fourth-order valence-electron chi connectivity index (χ4n) is 4.43. The van der Waals surface area contributed by atoms with E-state index < -0.39 is 149 Å². The number of hydrogen-bond donors (Lipinski definition) is 0. The van der Waals surface area contributed by atoms with Crippen LogP contribution in [-0.4, -0.2) is 118 Å². The maximum absolute atomic E-state index is 14.0. The van der Waals surface area contributed by atoms with Crippen LogP contribution in [0.3, 0.4) is 0 Å². The molecule has 0 aliphatic rings. The van der Waals surface area contributed by atoms with Gasteiger partial charge in [-0.3, -0.25) is 19.2 Å². The lowest BCUT2D eigenvalue weighted by atomic mass is 9.92. The topological polar surface area (TPSA) is 253 Å². The largest absolute Gasteiger partial charge is 0.465 e. The zero-order chi connectivity index (χ0) is 60.6. The van der Waals surface area contributed by atoms with Crippen LogP contribution >= 0.6 is 0 Å². The van der Waals surface area contributed by atoms with E-state index in [-0.39, 0.29) is 0 Å². The second-order valence-electron chi connectivity index (χ2n) is 27.6. The smallest absolute Gasteiger partial charge is 0.311 e. The van der Waals surface area contributed by atoms with Gasteiger partial charge in [-0.2, -0.15) is 39.1 Å². The normalized spacial score (nSPS) is 14.4. The van der Waals surface area contributed by atoms with Crippen LogP contribution in [0.5, 0.6) is 0 Å². The van der Waals surface area contributed by atoms with Gasteiger partial charge in [-0.05, 0) is 194 Å². The van der Waals surface area contributed by atoms with Gasteiger partial charge in [-0.15, -0.1) is 0 Å². The molecule has 0 atom stereocenters. The SMILES string of the molecule is CC(C)(C)OOC(C)(CC(=O)OCC(COC(=O)CC(C)(OOC(C)(C)C)OOC(C)(C)C)(COC(=O)CC(C)(OOC(C)(C)C)OOC(C)(C)C)COC(=O)CC(C)(OOC(C)(C)C)OOC(C)(C)C)OOC(C)(C)C. The molecule has 0 heterocycles. The first-order valence-corrected chi connectivity index (χ1v) is 25.6. The van der Waals surface area contributed by atoms with Gasteiger partial charge in [0.05, 0.1) is 44.8 Å². The Bertz CT molecular complexity index is 1460. The minimum Gasteiger partial charge on any atom is -0.465 e. The monoisotopic (exact) mass is 1120 g/mol. The van der Waals surface area contributed by atoms with Gasteiger partial charge in [0.2, 0.25) is 23.1 Å². The van der Waals surface area contributed by atoms with E-state index in [1.54, 1.807) is 166 Å². The second kappa shape index (κ2) is 28.8. The van der Waals surface area contributed by atoms with Gasteiger partial charge in [0.15, 0.2) is 0 Å². The zero-order valence-electron chi connectivity index (χ0n) is 52.0. The lowest BCUT2D eigenvalue weighted by Gasteiger charge is -2.35. The number of rotatable bonds is 32. The summed E-state index contributed by atoms with van der Waals surface area (Å²) >= 11 is 0. The summed E-state index contributed by atoms with van der Waals surface area (Å²) in [5, 5.41) is 0. The van der Waals surface area contributed by atoms with Crippen molar-refractivity contribution >= 4 is 23.9 Å². The van der Waals surface area contributed by atoms with Crippen LogP contribution in [0.25, 0.3) is 0 Å². The van der Waals surface area contributed by atoms with E-state index >= 15 is 0 Å². The molecule has 0 spiro atoms. The van der Waals surface area contributed by atoms with Gasteiger partial charge >= 0.3 is 23.9 Å². The van der Waals surface area contributed by atoms with E-state index in [1.807, 2.05) is 0 Å². The molecule has 0 aromatic carbocycles. The first kappa shape index (κ1) is 74.2. The van der Waals surface area contributed by atoms with Crippen molar-refractivity contribution in [2.24, 2.45) is 5.41 Å². The highest BCUT2D eigenvalue weighted by atomic mass is 17.3. The summed E-state index contributed by atoms with van der Waals surface area (Å²) in [7, 11) is 0. The van der Waals surface area contributed by atoms with Crippen LogP contribution < -0.4 is 0 Å². The summed E-state index contributed by atoms with van der Waals surface area (Å²) < 4.78 is 23.5. The average molecular weight is 1120 g/mol. The van der Waals surface area contributed by atoms with E-state index in [0.29, 0.717) is 0 Å². The van der Waals surface area contributed by atoms with Gasteiger partial charge < -0.3 is 18.9 Å². The number of ether oxygens (including phenoxy) is 4. The summed E-state index contributed by atoms with van der Waals surface area (Å²) in [5.41, 5.74) is -8.95. The molecule has 0 aliphatic carbocycles. The van der Waals surface area contributed by atoms with E-state index in [4.69, 9.17) is 97.1 Å². The number of carbonyl (C=O) groups is 4. The molecule has 0 rings (SSSR count). The number of carbonyl (C=O) groups excluding carboxylic acids is 4. The molecule has 0 saturated heterocycles. The lowest BCUT2D eigenvalue weighted by Crippen LogP contribution is -2.47. The minimum atomic E-state index is -1.95. The molecule has 0 saturated carbocycles. The van der Waals surface area contributed by atoms with E-state index in [1.165, 1.54) is 27.7 Å². The summed E-state index contributed by atoms with van der Waals surface area (Å²) in [6, 6.07) is 0. The summed E-state index contributed by atoms with van der Waals surface area (Å²) in [4.78, 5) is 145. The van der Waals surface area contributed by atoms with E-state index in [9.17, 15) is 19.2 Å². The number of esters is 4. The van der Waals surface area contributed by atoms with Crippen molar-refractivity contribution < 1.29 is 116 Å². The second-order valence-corrected chi connectivity index (χ2v) is 27.6. The van der Waals surface area contributed by atoms with Crippen molar-refractivity contribution in [3.8, 4) is 0 Å². The van der Waals surface area contributed by atoms with Crippen LogP contribution in [-0.2, 0) is 116 Å². The highest BCUT2D eigenvalue weighted by Gasteiger charge is 2.45. The van der Waals surface area contributed by atoms with Crippen LogP contribution in [0.2, 0.25) is 0 Å². The maximum Gasteiger partial charge on any atom is 0.311 e. The van der Waals surface area contributed by atoms with Crippen molar-refractivity contribution in [3.63, 3.8) is 0 Å². The van der Waals surface area contributed by atoms with Crippen molar-refractivity contribution in [3.05, 3.63) is 0 Å². The fourth-order valence-corrected chi connectivity index (χ4v) is 4.43. The van der Waals surface area contributed by atoms with Gasteiger partial charge in [0.25, 0.3) is 0 Å². The fraction of sp³-hybridized carbons (Fsp3) is 0.925. The standard InChI is InChI=1S/C53H100O24/c1-41(2,3)62-70-49(25,71-63-42(4,5)6)29-37(54)58-33-53(34-59-38(55)30-50(26,72-64-43(7,8)9)73-65-44(10,11)12,35-60-39(56)31-51(27,74-66-45(13,14)15)75-67-46(16,17)18)36-61-40(57)32-52(28,76-68-47(19,20)21)77-69-48(22,23)24/h29-36H2,1-28H3. The molecule has 0 N–H and O–H groups in total. The van der Waals surface area contributed by atoms with Crippen molar-refractivity contribution in [1.82, 2.24) is 0 Å². The quantitative estimate of drug-likeness (QED) is 0.0199. The summed E-state index contributed by atoms with van der Waals surface area (Å²) in [6.45, 7) is 43.3. The van der Waals surface area contributed by atoms with Crippen LogP contribution in [0.1, 0.15) is 220 Å². The molecule has 0 bridgehead atoms. The molecule has 456 valence electrons. The summed E-state index contributed by atoms with van der Waals surface area (Å²) in [6.07, 6.45) is -2.70. The predicted octanol–water partition coefficient (Wildman–Crippen LogP) is 10.5. The molecule has 24 heteroatoms. The first-order chi connectivity index (χ1) is 34.1. The Morgan fingerprint density at radius 1 is 0.208 bits per heavy atom. The van der Waals surface area contributed by atoms with E-state index in [2.05, 4.69) is 0 Å². The van der Waals surface area contributed by atoms with Crippen LogP contribution in [0.15, 0.2) is 0 Å². The highest BCUT2D eigenvalue weighted by Crippen LogP contribution is 2.32. The Labute approximate surface area is 458 Å². The van der Waals surface area contributed by atoms with Gasteiger partial charge in [0.1, 0.15) is 57.5 Å². The minimum absolute atomic E-state index is 0.674. The molecule has 77 heavy (non-hydrogen) atoms. The van der Waals surface area contributed by atoms with E-state index in [0.717, 1.165) is 0 Å². The van der Waals surface area contributed by atoms with Crippen molar-refractivity contribution in [2.75, 3.05) is 26.4 Å².